The van der Waals surface area contributed by atoms with Crippen molar-refractivity contribution in [2.75, 3.05) is 13.1 Å². The number of likely N-dealkylation sites (N-methyl/N-ethyl adjacent to an activating group) is 1. The Kier molecular flexibility index (Phi) is 5.36. The molecule has 0 N–H and O–H groups in total. The van der Waals surface area contributed by atoms with Crippen LogP contribution in [0.3, 0.4) is 0 Å². The largest absolute Gasteiger partial charge is 0.297 e. The molecule has 0 radical (unpaired) electrons. The molecule has 1 rings (SSSR count). The summed E-state index contributed by atoms with van der Waals surface area (Å²) >= 11 is 0. The molecule has 1 aromatic rings. The molecule has 0 aliphatic heterocycles. The number of hydrogen-bond donors (Lipinski definition) is 0. The summed E-state index contributed by atoms with van der Waals surface area (Å²) < 4.78 is 0. The molecule has 1 atom stereocenters. The van der Waals surface area contributed by atoms with Crippen molar-refractivity contribution in [2.45, 2.75) is 33.7 Å². The van der Waals surface area contributed by atoms with Crippen molar-refractivity contribution in [1.82, 2.24) is 4.90 Å². The van der Waals surface area contributed by atoms with Crippen molar-refractivity contribution < 1.29 is 4.79 Å². The average molecular weight is 233 g/mol. The van der Waals surface area contributed by atoms with Crippen LogP contribution >= 0.6 is 0 Å². The van der Waals surface area contributed by atoms with Gasteiger partial charge < -0.3 is 0 Å². The molecule has 0 heterocycles. The van der Waals surface area contributed by atoms with Crippen LogP contribution in [-0.2, 0) is 4.79 Å². The van der Waals surface area contributed by atoms with Crippen LogP contribution in [0.25, 0.3) is 0 Å². The zero-order valence-electron chi connectivity index (χ0n) is 11.3. The fourth-order valence-corrected chi connectivity index (χ4v) is 2.09. The second-order valence-corrected chi connectivity index (χ2v) is 4.59. The molecule has 0 spiro atoms. The molecule has 0 unspecified atom stereocenters. The lowest BCUT2D eigenvalue weighted by atomic mass is 9.94. The van der Waals surface area contributed by atoms with E-state index in [9.17, 15) is 4.79 Å². The molecule has 0 aliphatic carbocycles. The Morgan fingerprint density at radius 3 is 2.06 bits per heavy atom. The maximum absolute atomic E-state index is 12.4. The molecule has 2 nitrogen and oxygen atoms in total. The summed E-state index contributed by atoms with van der Waals surface area (Å²) in [5.74, 6) is 0.376. The highest BCUT2D eigenvalue weighted by atomic mass is 16.1. The van der Waals surface area contributed by atoms with Crippen molar-refractivity contribution in [3.8, 4) is 0 Å². The number of nitrogens with zero attached hydrogens (tertiary/aromatic N) is 1. The monoisotopic (exact) mass is 233 g/mol. The van der Waals surface area contributed by atoms with Crippen LogP contribution in [0.15, 0.2) is 30.3 Å². The molecule has 2 heteroatoms. The number of Topliss-reactive ketones (excluding diaryl/α,β-unsaturated/α-hetero) is 1. The van der Waals surface area contributed by atoms with Crippen molar-refractivity contribution in [3.05, 3.63) is 35.9 Å². The molecule has 0 bridgehead atoms. The molecule has 0 aromatic heterocycles. The third-order valence-electron chi connectivity index (χ3n) is 3.13. The first-order valence-corrected chi connectivity index (χ1v) is 6.44. The normalized spacial score (nSPS) is 13.1. The van der Waals surface area contributed by atoms with Gasteiger partial charge in [-0.05, 0) is 18.7 Å². The van der Waals surface area contributed by atoms with Crippen LogP contribution in [0.2, 0.25) is 0 Å². The minimum absolute atomic E-state index is 0.0702. The van der Waals surface area contributed by atoms with Gasteiger partial charge in [-0.1, -0.05) is 58.0 Å². The van der Waals surface area contributed by atoms with Gasteiger partial charge in [-0.3, -0.25) is 9.69 Å². The van der Waals surface area contributed by atoms with E-state index in [1.165, 1.54) is 0 Å². The van der Waals surface area contributed by atoms with Crippen LogP contribution in [0, 0.1) is 5.92 Å². The van der Waals surface area contributed by atoms with E-state index >= 15 is 0 Å². The molecule has 17 heavy (non-hydrogen) atoms. The van der Waals surface area contributed by atoms with E-state index in [1.807, 2.05) is 44.2 Å². The SMILES string of the molecule is CCN(CC)[C@@H](C(=O)C(C)C)c1ccccc1. The predicted molar refractivity (Wildman–Crippen MR) is 71.9 cm³/mol. The standard InChI is InChI=1S/C15H23NO/c1-5-16(6-2)14(15(17)12(3)4)13-10-8-7-9-11-13/h7-12,14H,5-6H2,1-4H3/t14-/m1/s1. The van der Waals surface area contributed by atoms with Gasteiger partial charge >= 0.3 is 0 Å². The Balaban J connectivity index is 3.06. The van der Waals surface area contributed by atoms with E-state index < -0.39 is 0 Å². The highest BCUT2D eigenvalue weighted by Crippen LogP contribution is 2.24. The van der Waals surface area contributed by atoms with E-state index in [0.29, 0.717) is 5.78 Å². The summed E-state index contributed by atoms with van der Waals surface area (Å²) in [5, 5.41) is 0. The lowest BCUT2D eigenvalue weighted by Crippen LogP contribution is -2.35. The summed E-state index contributed by atoms with van der Waals surface area (Å²) in [6.45, 7) is 9.95. The fourth-order valence-electron chi connectivity index (χ4n) is 2.09. The predicted octanol–water partition coefficient (Wildman–Crippen LogP) is 3.29. The first-order chi connectivity index (χ1) is 8.11. The van der Waals surface area contributed by atoms with Gasteiger partial charge in [-0.2, -0.15) is 0 Å². The quantitative estimate of drug-likeness (QED) is 0.751. The molecule has 0 saturated carbocycles. The summed E-state index contributed by atoms with van der Waals surface area (Å²) in [6.07, 6.45) is 0. The Hall–Kier alpha value is -1.15. The maximum atomic E-state index is 12.4. The zero-order chi connectivity index (χ0) is 12.8. The van der Waals surface area contributed by atoms with Crippen LogP contribution < -0.4 is 0 Å². The highest BCUT2D eigenvalue weighted by Gasteiger charge is 2.27. The summed E-state index contributed by atoms with van der Waals surface area (Å²) in [4.78, 5) is 14.6. The third-order valence-corrected chi connectivity index (χ3v) is 3.13. The number of carbonyl (C=O) groups excluding carboxylic acids is 1. The maximum Gasteiger partial charge on any atom is 0.157 e. The van der Waals surface area contributed by atoms with Gasteiger partial charge in [0.1, 0.15) is 0 Å². The molecule has 1 aromatic carbocycles. The van der Waals surface area contributed by atoms with E-state index in [2.05, 4.69) is 18.7 Å². The van der Waals surface area contributed by atoms with Gasteiger partial charge in [0.2, 0.25) is 0 Å². The van der Waals surface area contributed by atoms with E-state index in [-0.39, 0.29) is 12.0 Å². The van der Waals surface area contributed by atoms with Crippen LogP contribution in [0.1, 0.15) is 39.3 Å². The minimum atomic E-state index is -0.0915. The minimum Gasteiger partial charge on any atom is -0.297 e. The zero-order valence-corrected chi connectivity index (χ0v) is 11.3. The van der Waals surface area contributed by atoms with E-state index in [0.717, 1.165) is 18.7 Å². The number of carbonyl (C=O) groups is 1. The molecule has 0 amide bonds. The number of hydrogen-bond acceptors (Lipinski definition) is 2. The van der Waals surface area contributed by atoms with E-state index in [4.69, 9.17) is 0 Å². The summed E-state index contributed by atoms with van der Waals surface area (Å²) in [5.41, 5.74) is 1.11. The molecular weight excluding hydrogens is 210 g/mol. The average Bonchev–Trinajstić information content (AvgIpc) is 2.36. The van der Waals surface area contributed by atoms with Crippen molar-refractivity contribution in [2.24, 2.45) is 5.92 Å². The number of benzene rings is 1. The summed E-state index contributed by atoms with van der Waals surface area (Å²) in [6, 6.07) is 9.99. The Morgan fingerprint density at radius 1 is 1.12 bits per heavy atom. The van der Waals surface area contributed by atoms with Crippen LogP contribution in [-0.4, -0.2) is 23.8 Å². The highest BCUT2D eigenvalue weighted by molar-refractivity contribution is 5.86. The van der Waals surface area contributed by atoms with Gasteiger partial charge in [-0.25, -0.2) is 0 Å². The molecule has 94 valence electrons. The number of rotatable bonds is 6. The van der Waals surface area contributed by atoms with Gasteiger partial charge in [-0.15, -0.1) is 0 Å². The van der Waals surface area contributed by atoms with Gasteiger partial charge in [0.15, 0.2) is 5.78 Å². The Bertz CT molecular complexity index is 341. The van der Waals surface area contributed by atoms with Crippen molar-refractivity contribution >= 4 is 5.78 Å². The first-order valence-electron chi connectivity index (χ1n) is 6.44. The Morgan fingerprint density at radius 2 is 1.65 bits per heavy atom. The van der Waals surface area contributed by atoms with Crippen LogP contribution in [0.5, 0.6) is 0 Å². The lowest BCUT2D eigenvalue weighted by Gasteiger charge is -2.30. The van der Waals surface area contributed by atoms with Gasteiger partial charge in [0, 0.05) is 5.92 Å². The third kappa shape index (κ3) is 3.40. The molecule has 0 saturated heterocycles. The lowest BCUT2D eigenvalue weighted by molar-refractivity contribution is -0.127. The van der Waals surface area contributed by atoms with Crippen LogP contribution in [0.4, 0.5) is 0 Å². The molecule has 0 aliphatic rings. The number of ketones is 1. The summed E-state index contributed by atoms with van der Waals surface area (Å²) in [7, 11) is 0. The topological polar surface area (TPSA) is 20.3 Å². The van der Waals surface area contributed by atoms with Crippen molar-refractivity contribution in [1.29, 1.82) is 0 Å². The first kappa shape index (κ1) is 13.9. The second-order valence-electron chi connectivity index (χ2n) is 4.59. The molecule has 0 fully saturated rings. The smallest absolute Gasteiger partial charge is 0.157 e. The Labute approximate surface area is 105 Å². The van der Waals surface area contributed by atoms with E-state index in [1.54, 1.807) is 0 Å². The fraction of sp³-hybridized carbons (Fsp3) is 0.533. The molecular formula is C15H23NO. The van der Waals surface area contributed by atoms with Crippen molar-refractivity contribution in [3.63, 3.8) is 0 Å². The second kappa shape index (κ2) is 6.55. The van der Waals surface area contributed by atoms with Gasteiger partial charge in [0.25, 0.3) is 0 Å². The van der Waals surface area contributed by atoms with Gasteiger partial charge in [0.05, 0.1) is 6.04 Å².